The Morgan fingerprint density at radius 3 is 0.882 bits per heavy atom. The van der Waals surface area contributed by atoms with E-state index in [0.29, 0.717) is 64.4 Å². The van der Waals surface area contributed by atoms with Gasteiger partial charge < -0.3 is 66.0 Å². The fourth-order valence-corrected chi connectivity index (χ4v) is 3.10. The minimum absolute atomic E-state index is 0.153. The standard InChI is InChI=1S/C5H10O2.3C4H9NO2.C4H6O2/c1-4-2-7-3-5(4)6;3*5-3-1-7-2-4(3)6;1-3-4(6-3)2-5-1/h4-6H,2-3H2,1H3;3*3-4,6H,1-2,5H2;3-4H,1-2H2/t4-,5-;3*3-,4-;/m0100./s1. The highest BCUT2D eigenvalue weighted by Crippen LogP contribution is 2.27. The molecule has 10 N–H and O–H groups in total. The number of aliphatic hydroxyl groups excluding tert-OH is 4. The summed E-state index contributed by atoms with van der Waals surface area (Å²) in [4.78, 5) is 0. The summed E-state index contributed by atoms with van der Waals surface area (Å²) in [6.07, 6.45) is -0.519. The Labute approximate surface area is 200 Å². The zero-order valence-corrected chi connectivity index (χ0v) is 19.8. The lowest BCUT2D eigenvalue weighted by Gasteiger charge is -2.01. The van der Waals surface area contributed by atoms with E-state index >= 15 is 0 Å². The van der Waals surface area contributed by atoms with Crippen molar-refractivity contribution in [2.24, 2.45) is 23.1 Å². The Balaban J connectivity index is 0.000000150. The fourth-order valence-electron chi connectivity index (χ4n) is 3.10. The van der Waals surface area contributed by atoms with Crippen LogP contribution in [0.3, 0.4) is 0 Å². The molecule has 0 aromatic heterocycles. The zero-order chi connectivity index (χ0) is 25.1. The summed E-state index contributed by atoms with van der Waals surface area (Å²) < 4.78 is 29.3. The van der Waals surface area contributed by atoms with Crippen LogP contribution in [0.25, 0.3) is 0 Å². The van der Waals surface area contributed by atoms with Crippen LogP contribution in [0.1, 0.15) is 6.92 Å². The van der Waals surface area contributed by atoms with E-state index in [0.717, 1.165) is 19.8 Å². The van der Waals surface area contributed by atoms with Crippen LogP contribution in [-0.4, -0.2) is 141 Å². The number of hydrogen-bond acceptors (Lipinski definition) is 13. The minimum Gasteiger partial charge on any atom is -0.390 e. The summed E-state index contributed by atoms with van der Waals surface area (Å²) in [7, 11) is 0. The Morgan fingerprint density at radius 2 is 0.794 bits per heavy atom. The summed E-state index contributed by atoms with van der Waals surface area (Å²) in [6, 6.07) is -0.458. The highest BCUT2D eigenvalue weighted by Gasteiger charge is 2.44. The van der Waals surface area contributed by atoms with Gasteiger partial charge >= 0.3 is 0 Å². The summed E-state index contributed by atoms with van der Waals surface area (Å²) in [5.41, 5.74) is 15.9. The Bertz CT molecular complexity index is 439. The monoisotopic (exact) mass is 497 g/mol. The summed E-state index contributed by atoms with van der Waals surface area (Å²) in [5.74, 6) is 0.347. The molecule has 0 aromatic rings. The topological polar surface area (TPSA) is 218 Å². The lowest BCUT2D eigenvalue weighted by atomic mass is 10.1. The van der Waals surface area contributed by atoms with Gasteiger partial charge in [-0.25, -0.2) is 0 Å². The SMILES string of the molecule is C1OCC2OC12.C[C@H]1COC[C@@H]1O.N[C@@H]1COC[C@H]1O.N[C@H]1COC[C@@H]1O.N[C@H]1COC[C@@H]1O. The van der Waals surface area contributed by atoms with Crippen molar-refractivity contribution in [3.63, 3.8) is 0 Å². The van der Waals surface area contributed by atoms with E-state index in [4.69, 9.17) is 66.0 Å². The van der Waals surface area contributed by atoms with Crippen molar-refractivity contribution in [1.29, 1.82) is 0 Å². The van der Waals surface area contributed by atoms with Crippen molar-refractivity contribution in [2.75, 3.05) is 66.1 Å². The number of fused-ring (bicyclic) bond motifs is 1. The number of epoxide rings is 1. The van der Waals surface area contributed by atoms with Crippen LogP contribution in [0.5, 0.6) is 0 Å². The number of hydrogen-bond donors (Lipinski definition) is 7. The Morgan fingerprint density at radius 1 is 0.471 bits per heavy atom. The lowest BCUT2D eigenvalue weighted by Crippen LogP contribution is -2.32. The van der Waals surface area contributed by atoms with Gasteiger partial charge in [-0.15, -0.1) is 0 Å². The van der Waals surface area contributed by atoms with E-state index in [1.165, 1.54) is 0 Å². The molecule has 13 nitrogen and oxygen atoms in total. The molecule has 0 spiro atoms. The van der Waals surface area contributed by atoms with Crippen molar-refractivity contribution in [1.82, 2.24) is 0 Å². The predicted molar refractivity (Wildman–Crippen MR) is 120 cm³/mol. The third-order valence-electron chi connectivity index (χ3n) is 5.86. The molecular weight excluding hydrogens is 454 g/mol. The minimum atomic E-state index is -0.431. The van der Waals surface area contributed by atoms with Gasteiger partial charge in [-0.1, -0.05) is 6.92 Å². The second-order valence-electron chi connectivity index (χ2n) is 9.14. The molecule has 0 radical (unpaired) electrons. The maximum absolute atomic E-state index is 8.87. The number of nitrogens with two attached hydrogens (primary N) is 3. The first-order valence-electron chi connectivity index (χ1n) is 11.7. The van der Waals surface area contributed by atoms with E-state index < -0.39 is 18.3 Å². The molecule has 6 aliphatic heterocycles. The van der Waals surface area contributed by atoms with Crippen LogP contribution >= 0.6 is 0 Å². The van der Waals surface area contributed by atoms with Crippen LogP contribution in [0.15, 0.2) is 0 Å². The van der Waals surface area contributed by atoms with Gasteiger partial charge in [-0.2, -0.15) is 0 Å². The molecule has 10 atom stereocenters. The predicted octanol–water partition coefficient (Wildman–Crippen LogP) is -4.09. The highest BCUT2D eigenvalue weighted by molar-refractivity contribution is 4.88. The molecule has 202 valence electrons. The van der Waals surface area contributed by atoms with E-state index in [1.54, 1.807) is 0 Å². The van der Waals surface area contributed by atoms with E-state index in [1.807, 2.05) is 6.92 Å². The van der Waals surface area contributed by atoms with Crippen molar-refractivity contribution in [2.45, 2.75) is 61.7 Å². The van der Waals surface area contributed by atoms with E-state index in [9.17, 15) is 0 Å². The molecule has 0 aromatic carbocycles. The zero-order valence-electron chi connectivity index (χ0n) is 19.8. The first-order valence-corrected chi connectivity index (χ1v) is 11.7. The summed E-state index contributed by atoms with van der Waals surface area (Å²) in [6.45, 7) is 7.63. The average molecular weight is 498 g/mol. The van der Waals surface area contributed by atoms with E-state index in [-0.39, 0.29) is 24.2 Å². The van der Waals surface area contributed by atoms with Gasteiger partial charge in [-0.3, -0.25) is 0 Å². The molecule has 0 aliphatic carbocycles. The van der Waals surface area contributed by atoms with Gasteiger partial charge in [0, 0.05) is 5.92 Å². The maximum Gasteiger partial charge on any atom is 0.110 e. The smallest absolute Gasteiger partial charge is 0.110 e. The molecular formula is C21H43N3O10. The van der Waals surface area contributed by atoms with Crippen LogP contribution in [-0.2, 0) is 28.4 Å². The summed E-state index contributed by atoms with van der Waals surface area (Å²) in [5, 5.41) is 35.1. The van der Waals surface area contributed by atoms with E-state index in [2.05, 4.69) is 0 Å². The molecule has 13 heteroatoms. The summed E-state index contributed by atoms with van der Waals surface area (Å²) >= 11 is 0. The number of aliphatic hydroxyl groups is 4. The largest absolute Gasteiger partial charge is 0.390 e. The van der Waals surface area contributed by atoms with Crippen molar-refractivity contribution in [3.05, 3.63) is 0 Å². The molecule has 6 saturated heterocycles. The highest BCUT2D eigenvalue weighted by atomic mass is 16.7. The Hall–Kier alpha value is -0.520. The lowest BCUT2D eigenvalue weighted by molar-refractivity contribution is 0.100. The second kappa shape index (κ2) is 15.6. The molecule has 34 heavy (non-hydrogen) atoms. The maximum atomic E-state index is 8.87. The number of ether oxygens (including phenoxy) is 6. The molecule has 2 unspecified atom stereocenters. The van der Waals surface area contributed by atoms with Gasteiger partial charge in [-0.05, 0) is 0 Å². The van der Waals surface area contributed by atoms with Gasteiger partial charge in [0.15, 0.2) is 0 Å². The number of rotatable bonds is 0. The van der Waals surface area contributed by atoms with Crippen molar-refractivity contribution < 1.29 is 48.8 Å². The normalized spacial score (nSPS) is 43.8. The van der Waals surface area contributed by atoms with Crippen LogP contribution < -0.4 is 17.2 Å². The molecule has 6 aliphatic rings. The van der Waals surface area contributed by atoms with Crippen molar-refractivity contribution in [3.8, 4) is 0 Å². The molecule has 0 bridgehead atoms. The van der Waals surface area contributed by atoms with Crippen molar-refractivity contribution >= 4 is 0 Å². The van der Waals surface area contributed by atoms with Gasteiger partial charge in [0.05, 0.1) is 109 Å². The van der Waals surface area contributed by atoms with Gasteiger partial charge in [0.25, 0.3) is 0 Å². The third-order valence-corrected chi connectivity index (χ3v) is 5.86. The molecule has 6 heterocycles. The first-order chi connectivity index (χ1) is 16.2. The second-order valence-corrected chi connectivity index (χ2v) is 9.14. The Kier molecular flexibility index (Phi) is 13.6. The van der Waals surface area contributed by atoms with Gasteiger partial charge in [0.1, 0.15) is 12.2 Å². The molecule has 6 rings (SSSR count). The van der Waals surface area contributed by atoms with Crippen LogP contribution in [0.2, 0.25) is 0 Å². The molecule has 0 saturated carbocycles. The van der Waals surface area contributed by atoms with Crippen LogP contribution in [0.4, 0.5) is 0 Å². The fraction of sp³-hybridized carbons (Fsp3) is 1.00. The van der Waals surface area contributed by atoms with Gasteiger partial charge in [0.2, 0.25) is 0 Å². The van der Waals surface area contributed by atoms with Crippen LogP contribution in [0, 0.1) is 5.92 Å². The third kappa shape index (κ3) is 11.0. The first kappa shape index (κ1) is 29.7. The molecule has 0 amide bonds. The quantitative estimate of drug-likeness (QED) is 0.159. The molecule has 6 fully saturated rings. The average Bonchev–Trinajstić information content (AvgIpc) is 3.36.